The molecular formula is C8H14O4. The monoisotopic (exact) mass is 174 g/mol. The first kappa shape index (κ1) is 11.1. The highest BCUT2D eigenvalue weighted by molar-refractivity contribution is 5.85. The van der Waals surface area contributed by atoms with Crippen molar-refractivity contribution >= 4 is 5.97 Å². The molecule has 0 saturated heterocycles. The maximum absolute atomic E-state index is 10.3. The summed E-state index contributed by atoms with van der Waals surface area (Å²) in [4.78, 5) is 10.3. The van der Waals surface area contributed by atoms with Gasteiger partial charge in [0.2, 0.25) is 0 Å². The quantitative estimate of drug-likeness (QED) is 0.499. The second kappa shape index (κ2) is 5.74. The van der Waals surface area contributed by atoms with Crippen LogP contribution in [0.2, 0.25) is 0 Å². The Kier molecular flexibility index (Phi) is 5.32. The van der Waals surface area contributed by atoms with Crippen molar-refractivity contribution < 1.29 is 19.4 Å². The number of hydrogen-bond acceptors (Lipinski definition) is 3. The van der Waals surface area contributed by atoms with Crippen LogP contribution >= 0.6 is 0 Å². The number of carboxylic acids is 1. The van der Waals surface area contributed by atoms with E-state index in [2.05, 4.69) is 0 Å². The van der Waals surface area contributed by atoms with E-state index in [-0.39, 0.29) is 6.29 Å². The Balaban J connectivity index is 3.93. The molecule has 4 nitrogen and oxygen atoms in total. The molecular weight excluding hydrogens is 160 g/mol. The molecule has 0 aromatic carbocycles. The molecule has 12 heavy (non-hydrogen) atoms. The fourth-order valence-corrected chi connectivity index (χ4v) is 0.649. The summed E-state index contributed by atoms with van der Waals surface area (Å²) in [6.07, 6.45) is 1.66. The fourth-order valence-electron chi connectivity index (χ4n) is 0.649. The Morgan fingerprint density at radius 1 is 1.50 bits per heavy atom. The van der Waals surface area contributed by atoms with Gasteiger partial charge in [-0.1, -0.05) is 6.08 Å². The summed E-state index contributed by atoms with van der Waals surface area (Å²) in [5.74, 6) is -0.916. The fraction of sp³-hybridized carbons (Fsp3) is 0.625. The van der Waals surface area contributed by atoms with Crippen LogP contribution in [0.3, 0.4) is 0 Å². The van der Waals surface area contributed by atoms with E-state index >= 15 is 0 Å². The van der Waals surface area contributed by atoms with Crippen LogP contribution in [-0.4, -0.2) is 31.6 Å². The van der Waals surface area contributed by atoms with Gasteiger partial charge in [-0.05, 0) is 6.92 Å². The second-order valence-electron chi connectivity index (χ2n) is 2.33. The maximum Gasteiger partial charge on any atom is 0.330 e. The molecule has 0 atom stereocenters. The number of hydrogen-bond donors (Lipinski definition) is 1. The molecule has 1 N–H and O–H groups in total. The van der Waals surface area contributed by atoms with Crippen molar-refractivity contribution in [3.8, 4) is 0 Å². The van der Waals surface area contributed by atoms with Gasteiger partial charge in [0.25, 0.3) is 0 Å². The highest BCUT2D eigenvalue weighted by Crippen LogP contribution is 2.02. The second-order valence-corrected chi connectivity index (χ2v) is 2.33. The summed E-state index contributed by atoms with van der Waals surface area (Å²) < 4.78 is 9.74. The lowest BCUT2D eigenvalue weighted by Gasteiger charge is -2.10. The van der Waals surface area contributed by atoms with Crippen molar-refractivity contribution in [3.05, 3.63) is 11.6 Å². The summed E-state index contributed by atoms with van der Waals surface area (Å²) in [6.45, 7) is 1.53. The summed E-state index contributed by atoms with van der Waals surface area (Å²) in [6, 6.07) is 0. The van der Waals surface area contributed by atoms with Crippen molar-refractivity contribution in [1.82, 2.24) is 0 Å². The molecule has 0 aromatic heterocycles. The third kappa shape index (κ3) is 4.10. The van der Waals surface area contributed by atoms with Crippen LogP contribution in [0.4, 0.5) is 0 Å². The van der Waals surface area contributed by atoms with E-state index in [1.165, 1.54) is 21.1 Å². The highest BCUT2D eigenvalue weighted by atomic mass is 16.7. The first-order valence-electron chi connectivity index (χ1n) is 3.57. The Hall–Kier alpha value is -0.870. The number of aliphatic carboxylic acids is 1. The van der Waals surface area contributed by atoms with Gasteiger partial charge < -0.3 is 14.6 Å². The lowest BCUT2D eigenvalue weighted by molar-refractivity contribution is -0.132. The normalized spacial score (nSPS) is 12.2. The van der Waals surface area contributed by atoms with Crippen LogP contribution in [0.25, 0.3) is 0 Å². The van der Waals surface area contributed by atoms with Gasteiger partial charge in [0.1, 0.15) is 0 Å². The molecule has 0 bridgehead atoms. The van der Waals surface area contributed by atoms with Gasteiger partial charge >= 0.3 is 5.97 Å². The lowest BCUT2D eigenvalue weighted by atomic mass is 10.2. The molecule has 0 aromatic rings. The summed E-state index contributed by atoms with van der Waals surface area (Å²) in [5, 5.41) is 8.49. The van der Waals surface area contributed by atoms with Crippen LogP contribution < -0.4 is 0 Å². The topological polar surface area (TPSA) is 55.8 Å². The molecule has 0 heterocycles. The third-order valence-corrected chi connectivity index (χ3v) is 1.48. The van der Waals surface area contributed by atoms with E-state index in [0.29, 0.717) is 12.0 Å². The number of ether oxygens (including phenoxy) is 2. The summed E-state index contributed by atoms with van der Waals surface area (Å²) in [7, 11) is 3.02. The van der Waals surface area contributed by atoms with Crippen LogP contribution in [0.15, 0.2) is 11.6 Å². The number of carboxylic acid groups (broad SMARTS) is 1. The Morgan fingerprint density at radius 3 is 2.33 bits per heavy atom. The molecule has 0 aliphatic heterocycles. The van der Waals surface area contributed by atoms with Crippen LogP contribution in [-0.2, 0) is 14.3 Å². The highest BCUT2D eigenvalue weighted by Gasteiger charge is 2.04. The predicted molar refractivity (Wildman–Crippen MR) is 43.8 cm³/mol. The average Bonchev–Trinajstić information content (AvgIpc) is 2.05. The molecule has 0 radical (unpaired) electrons. The van der Waals surface area contributed by atoms with E-state index in [4.69, 9.17) is 14.6 Å². The van der Waals surface area contributed by atoms with Crippen LogP contribution in [0, 0.1) is 0 Å². The molecule has 0 spiro atoms. The first-order valence-corrected chi connectivity index (χ1v) is 3.57. The van der Waals surface area contributed by atoms with Gasteiger partial charge in [-0.3, -0.25) is 0 Å². The van der Waals surface area contributed by atoms with Crippen LogP contribution in [0.5, 0.6) is 0 Å². The third-order valence-electron chi connectivity index (χ3n) is 1.48. The molecule has 0 amide bonds. The number of methoxy groups -OCH3 is 2. The number of rotatable bonds is 5. The van der Waals surface area contributed by atoms with E-state index in [1.807, 2.05) is 0 Å². The standard InChI is InChI=1S/C8H14O4/c1-6(8(9)10)4-5-7(11-2)12-3/h4,7H,5H2,1-3H3,(H,9,10). The van der Waals surface area contributed by atoms with E-state index in [0.717, 1.165) is 0 Å². The minimum absolute atomic E-state index is 0.300. The van der Waals surface area contributed by atoms with Crippen molar-refractivity contribution in [1.29, 1.82) is 0 Å². The van der Waals surface area contributed by atoms with Gasteiger partial charge in [0.05, 0.1) is 0 Å². The average molecular weight is 174 g/mol. The zero-order valence-electron chi connectivity index (χ0n) is 7.53. The van der Waals surface area contributed by atoms with E-state index in [9.17, 15) is 4.79 Å². The Labute approximate surface area is 71.8 Å². The molecule has 0 fully saturated rings. The van der Waals surface area contributed by atoms with Gasteiger partial charge in [0.15, 0.2) is 6.29 Å². The van der Waals surface area contributed by atoms with Gasteiger partial charge in [0, 0.05) is 26.2 Å². The summed E-state index contributed by atoms with van der Waals surface area (Å²) in [5.41, 5.74) is 0.300. The zero-order chi connectivity index (χ0) is 9.56. The smallest absolute Gasteiger partial charge is 0.330 e. The Morgan fingerprint density at radius 2 is 2.00 bits per heavy atom. The molecule has 4 heteroatoms. The van der Waals surface area contributed by atoms with Crippen molar-refractivity contribution in [2.45, 2.75) is 19.6 Å². The largest absolute Gasteiger partial charge is 0.478 e. The molecule has 70 valence electrons. The first-order chi connectivity index (χ1) is 5.61. The summed E-state index contributed by atoms with van der Waals surface area (Å²) >= 11 is 0. The maximum atomic E-state index is 10.3. The Bertz CT molecular complexity index is 170. The van der Waals surface area contributed by atoms with Gasteiger partial charge in [-0.15, -0.1) is 0 Å². The predicted octanol–water partition coefficient (Wildman–Crippen LogP) is 1.03. The van der Waals surface area contributed by atoms with E-state index < -0.39 is 5.97 Å². The van der Waals surface area contributed by atoms with Gasteiger partial charge in [-0.25, -0.2) is 4.79 Å². The minimum Gasteiger partial charge on any atom is -0.478 e. The molecule has 0 aliphatic carbocycles. The minimum atomic E-state index is -0.916. The van der Waals surface area contributed by atoms with Crippen molar-refractivity contribution in [3.63, 3.8) is 0 Å². The zero-order valence-corrected chi connectivity index (χ0v) is 7.53. The van der Waals surface area contributed by atoms with Gasteiger partial charge in [-0.2, -0.15) is 0 Å². The molecule has 0 rings (SSSR count). The molecule has 0 aliphatic rings. The van der Waals surface area contributed by atoms with E-state index in [1.54, 1.807) is 6.08 Å². The number of carbonyl (C=O) groups is 1. The van der Waals surface area contributed by atoms with Crippen molar-refractivity contribution in [2.24, 2.45) is 0 Å². The SMILES string of the molecule is COC(CC=C(C)C(=O)O)OC. The molecule has 0 saturated carbocycles. The molecule has 0 unspecified atom stereocenters. The lowest BCUT2D eigenvalue weighted by Crippen LogP contribution is -2.11. The van der Waals surface area contributed by atoms with Crippen molar-refractivity contribution in [2.75, 3.05) is 14.2 Å². The van der Waals surface area contributed by atoms with Crippen LogP contribution in [0.1, 0.15) is 13.3 Å².